The molecule has 0 aromatic rings. The van der Waals surface area contributed by atoms with Gasteiger partial charge in [0.15, 0.2) is 0 Å². The summed E-state index contributed by atoms with van der Waals surface area (Å²) in [6.45, 7) is 5.84. The van der Waals surface area contributed by atoms with Crippen molar-refractivity contribution in [3.8, 4) is 0 Å². The highest BCUT2D eigenvalue weighted by molar-refractivity contribution is 7.85. The minimum Gasteiger partial charge on any atom is -0.444 e. The van der Waals surface area contributed by atoms with Crippen molar-refractivity contribution in [1.82, 2.24) is 9.62 Å². The zero-order chi connectivity index (χ0) is 12.8. The van der Waals surface area contributed by atoms with Crippen molar-refractivity contribution in [1.29, 1.82) is 0 Å². The number of fused-ring (bicyclic) bond motifs is 1. The quantitative estimate of drug-likeness (QED) is 0.657. The lowest BCUT2D eigenvalue weighted by atomic mass is 10.2. The summed E-state index contributed by atoms with van der Waals surface area (Å²) in [5.74, 6) is 0. The van der Waals surface area contributed by atoms with E-state index in [9.17, 15) is 13.2 Å². The van der Waals surface area contributed by atoms with E-state index in [4.69, 9.17) is 8.92 Å². The van der Waals surface area contributed by atoms with E-state index < -0.39 is 28.1 Å². The molecule has 0 bridgehead atoms. The number of rotatable bonds is 0. The lowest BCUT2D eigenvalue weighted by molar-refractivity contribution is 0.0273. The summed E-state index contributed by atoms with van der Waals surface area (Å²) in [5.41, 5.74) is -0.560. The molecule has 98 valence electrons. The van der Waals surface area contributed by atoms with Crippen LogP contribution in [-0.2, 0) is 19.2 Å². The number of hydrogen-bond donors (Lipinski definition) is 1. The summed E-state index contributed by atoms with van der Waals surface area (Å²) in [4.78, 5) is 13.2. The first-order valence-corrected chi connectivity index (χ1v) is 6.76. The van der Waals surface area contributed by atoms with E-state index in [1.54, 1.807) is 20.8 Å². The van der Waals surface area contributed by atoms with Gasteiger partial charge < -0.3 is 9.64 Å². The maximum Gasteiger partial charge on any atom is 0.410 e. The molecule has 1 N–H and O–H groups in total. The highest BCUT2D eigenvalue weighted by Gasteiger charge is 2.46. The normalized spacial score (nSPS) is 31.4. The lowest BCUT2D eigenvalue weighted by Gasteiger charge is -2.24. The second-order valence-electron chi connectivity index (χ2n) is 5.20. The first kappa shape index (κ1) is 12.6. The van der Waals surface area contributed by atoms with Gasteiger partial charge in [-0.15, -0.1) is 0 Å². The Hall–Kier alpha value is -0.860. The van der Waals surface area contributed by atoms with Crippen LogP contribution in [0.15, 0.2) is 0 Å². The topological polar surface area (TPSA) is 84.9 Å². The SMILES string of the molecule is CC(C)(C)OC(=O)N1CC2NS(=O)(=O)OC2C1. The summed E-state index contributed by atoms with van der Waals surface area (Å²) in [5, 5.41) is 0. The number of nitrogens with zero attached hydrogens (tertiary/aromatic N) is 1. The average molecular weight is 264 g/mol. The Morgan fingerprint density at radius 3 is 2.59 bits per heavy atom. The molecule has 7 nitrogen and oxygen atoms in total. The summed E-state index contributed by atoms with van der Waals surface area (Å²) >= 11 is 0. The van der Waals surface area contributed by atoms with Gasteiger partial charge in [0.2, 0.25) is 0 Å². The maximum atomic E-state index is 11.7. The summed E-state index contributed by atoms with van der Waals surface area (Å²) in [6.07, 6.45) is -0.956. The summed E-state index contributed by atoms with van der Waals surface area (Å²) in [7, 11) is -3.62. The number of amides is 1. The Balaban J connectivity index is 1.95. The molecule has 2 heterocycles. The molecule has 2 aliphatic rings. The van der Waals surface area contributed by atoms with Gasteiger partial charge in [0.1, 0.15) is 11.7 Å². The Bertz CT molecular complexity index is 407. The van der Waals surface area contributed by atoms with Gasteiger partial charge in [-0.1, -0.05) is 0 Å². The first-order chi connectivity index (χ1) is 7.66. The van der Waals surface area contributed by atoms with Crippen LogP contribution in [0, 0.1) is 0 Å². The molecular weight excluding hydrogens is 248 g/mol. The van der Waals surface area contributed by atoms with E-state index in [2.05, 4.69) is 4.72 Å². The van der Waals surface area contributed by atoms with Gasteiger partial charge >= 0.3 is 16.4 Å². The number of carbonyl (C=O) groups is 1. The van der Waals surface area contributed by atoms with Crippen LogP contribution in [0.4, 0.5) is 4.79 Å². The van der Waals surface area contributed by atoms with Crippen molar-refractivity contribution >= 4 is 16.4 Å². The van der Waals surface area contributed by atoms with Gasteiger partial charge in [-0.3, -0.25) is 4.18 Å². The Morgan fingerprint density at radius 1 is 1.41 bits per heavy atom. The Morgan fingerprint density at radius 2 is 2.06 bits per heavy atom. The zero-order valence-electron chi connectivity index (χ0n) is 9.97. The number of likely N-dealkylation sites (tertiary alicyclic amines) is 1. The van der Waals surface area contributed by atoms with E-state index in [0.717, 1.165) is 0 Å². The van der Waals surface area contributed by atoms with Gasteiger partial charge in [0.25, 0.3) is 0 Å². The third kappa shape index (κ3) is 2.88. The van der Waals surface area contributed by atoms with Crippen LogP contribution in [0.1, 0.15) is 20.8 Å². The summed E-state index contributed by atoms with van der Waals surface area (Å²) < 4.78 is 34.5. The van der Waals surface area contributed by atoms with Crippen molar-refractivity contribution in [3.05, 3.63) is 0 Å². The monoisotopic (exact) mass is 264 g/mol. The number of ether oxygens (including phenoxy) is 1. The highest BCUT2D eigenvalue weighted by atomic mass is 32.2. The molecule has 0 radical (unpaired) electrons. The van der Waals surface area contributed by atoms with E-state index >= 15 is 0 Å². The number of hydrogen-bond acceptors (Lipinski definition) is 5. The number of nitrogens with one attached hydrogen (secondary N) is 1. The van der Waals surface area contributed by atoms with Crippen molar-refractivity contribution in [2.75, 3.05) is 13.1 Å². The zero-order valence-corrected chi connectivity index (χ0v) is 10.8. The second-order valence-corrected chi connectivity index (χ2v) is 6.53. The molecule has 2 atom stereocenters. The van der Waals surface area contributed by atoms with E-state index in [1.165, 1.54) is 4.90 Å². The van der Waals surface area contributed by atoms with Crippen LogP contribution < -0.4 is 4.72 Å². The van der Waals surface area contributed by atoms with Crippen LogP contribution in [0.5, 0.6) is 0 Å². The van der Waals surface area contributed by atoms with E-state index in [-0.39, 0.29) is 19.1 Å². The molecule has 0 aliphatic carbocycles. The summed E-state index contributed by atoms with van der Waals surface area (Å²) in [6, 6.07) is -0.368. The third-order valence-electron chi connectivity index (χ3n) is 2.46. The smallest absolute Gasteiger partial charge is 0.410 e. The Kier molecular flexibility index (Phi) is 2.83. The van der Waals surface area contributed by atoms with Crippen LogP contribution in [0.2, 0.25) is 0 Å². The molecule has 0 aromatic heterocycles. The van der Waals surface area contributed by atoms with Gasteiger partial charge in [0, 0.05) is 6.54 Å². The minimum atomic E-state index is -3.62. The minimum absolute atomic E-state index is 0.228. The van der Waals surface area contributed by atoms with Gasteiger partial charge in [-0.25, -0.2) is 4.79 Å². The number of carbonyl (C=O) groups excluding carboxylic acids is 1. The molecule has 2 rings (SSSR count). The molecule has 2 saturated heterocycles. The maximum absolute atomic E-state index is 11.7. The van der Waals surface area contributed by atoms with Crippen LogP contribution in [0.3, 0.4) is 0 Å². The fraction of sp³-hybridized carbons (Fsp3) is 0.889. The molecular formula is C9H16N2O5S. The second kappa shape index (κ2) is 3.82. The highest BCUT2D eigenvalue weighted by Crippen LogP contribution is 2.23. The van der Waals surface area contributed by atoms with Gasteiger partial charge in [0.05, 0.1) is 12.6 Å². The molecule has 0 saturated carbocycles. The van der Waals surface area contributed by atoms with Crippen molar-refractivity contribution in [2.24, 2.45) is 0 Å². The van der Waals surface area contributed by atoms with E-state index in [1.807, 2.05) is 0 Å². The fourth-order valence-corrected chi connectivity index (χ4v) is 3.01. The standard InChI is InChI=1S/C9H16N2O5S/c1-9(2,3)15-8(12)11-4-6-7(5-11)16-17(13,14)10-6/h6-7,10H,4-5H2,1-3H3. The molecule has 2 fully saturated rings. The van der Waals surface area contributed by atoms with Crippen LogP contribution >= 0.6 is 0 Å². The van der Waals surface area contributed by atoms with Crippen molar-refractivity contribution in [3.63, 3.8) is 0 Å². The van der Waals surface area contributed by atoms with Gasteiger partial charge in [-0.05, 0) is 20.8 Å². The van der Waals surface area contributed by atoms with Crippen LogP contribution in [0.25, 0.3) is 0 Å². The molecule has 0 spiro atoms. The molecule has 1 amide bonds. The lowest BCUT2D eigenvalue weighted by Crippen LogP contribution is -2.38. The molecule has 17 heavy (non-hydrogen) atoms. The fourth-order valence-electron chi connectivity index (χ4n) is 1.84. The molecule has 8 heteroatoms. The molecule has 0 aromatic carbocycles. The third-order valence-corrected chi connectivity index (χ3v) is 3.56. The van der Waals surface area contributed by atoms with Gasteiger partial charge in [-0.2, -0.15) is 13.1 Å². The predicted molar refractivity (Wildman–Crippen MR) is 58.5 cm³/mol. The Labute approximate surface area is 100 Å². The van der Waals surface area contributed by atoms with Crippen molar-refractivity contribution in [2.45, 2.75) is 38.5 Å². The van der Waals surface area contributed by atoms with Crippen LogP contribution in [-0.4, -0.2) is 50.2 Å². The largest absolute Gasteiger partial charge is 0.444 e. The average Bonchev–Trinajstić information content (AvgIpc) is 2.53. The van der Waals surface area contributed by atoms with E-state index in [0.29, 0.717) is 0 Å². The van der Waals surface area contributed by atoms with Crippen molar-refractivity contribution < 1.29 is 22.1 Å². The first-order valence-electron chi connectivity index (χ1n) is 5.35. The predicted octanol–water partition coefficient (Wildman–Crippen LogP) is -0.161. The molecule has 2 unspecified atom stereocenters. The molecule has 2 aliphatic heterocycles.